The van der Waals surface area contributed by atoms with Crippen molar-refractivity contribution in [2.24, 2.45) is 0 Å². The van der Waals surface area contributed by atoms with Crippen molar-refractivity contribution < 1.29 is 14.4 Å². The van der Waals surface area contributed by atoms with Gasteiger partial charge < -0.3 is 9.63 Å². The van der Waals surface area contributed by atoms with Gasteiger partial charge >= 0.3 is 5.97 Å². The molecule has 0 radical (unpaired) electrons. The van der Waals surface area contributed by atoms with Crippen molar-refractivity contribution in [1.82, 2.24) is 0 Å². The molecular formula is C6H11O3PS2. The van der Waals surface area contributed by atoms with Crippen molar-refractivity contribution in [3.8, 4) is 0 Å². The summed E-state index contributed by atoms with van der Waals surface area (Å²) in [5.74, 6) is -0.466. The number of hydrogen-bond donors (Lipinski definition) is 2. The molecule has 1 atom stereocenters. The van der Waals surface area contributed by atoms with Gasteiger partial charge in [0.05, 0.1) is 6.61 Å². The minimum absolute atomic E-state index is 0.100. The maximum absolute atomic E-state index is 10.8. The summed E-state index contributed by atoms with van der Waals surface area (Å²) in [4.78, 5) is 19.8. The molecule has 0 amide bonds. The lowest BCUT2D eigenvalue weighted by Gasteiger charge is -2.07. The lowest BCUT2D eigenvalue weighted by molar-refractivity contribution is -0.138. The Bertz CT molecular complexity index is 233. The molecule has 0 saturated heterocycles. The number of rotatable bonds is 4. The van der Waals surface area contributed by atoms with Crippen LogP contribution in [0.15, 0.2) is 12.2 Å². The zero-order valence-electron chi connectivity index (χ0n) is 6.69. The molecule has 70 valence electrons. The highest BCUT2D eigenvalue weighted by Gasteiger charge is 2.08. The molecule has 0 bridgehead atoms. The summed E-state index contributed by atoms with van der Waals surface area (Å²) in [5.41, 5.74) is -2.20. The molecule has 0 rings (SSSR count). The van der Waals surface area contributed by atoms with Crippen LogP contribution in [0.5, 0.6) is 0 Å². The van der Waals surface area contributed by atoms with E-state index in [9.17, 15) is 4.79 Å². The summed E-state index contributed by atoms with van der Waals surface area (Å²) in [7, 11) is 0. The third-order valence-corrected chi connectivity index (χ3v) is 2.88. The number of carbonyl (C=O) groups is 1. The van der Waals surface area contributed by atoms with E-state index in [1.165, 1.54) is 0 Å². The first kappa shape index (κ1) is 12.2. The maximum Gasteiger partial charge on any atom is 0.333 e. The molecule has 1 N–H and O–H groups in total. The Morgan fingerprint density at radius 2 is 2.33 bits per heavy atom. The van der Waals surface area contributed by atoms with Crippen molar-refractivity contribution in [2.45, 2.75) is 6.92 Å². The predicted molar refractivity (Wildman–Crippen MR) is 56.1 cm³/mol. The lowest BCUT2D eigenvalue weighted by atomic mass is 10.4. The fraction of sp³-hybridized carbons (Fsp3) is 0.500. The van der Waals surface area contributed by atoms with E-state index in [0.29, 0.717) is 5.57 Å². The van der Waals surface area contributed by atoms with Crippen LogP contribution in [0, 0.1) is 0 Å². The van der Waals surface area contributed by atoms with E-state index < -0.39 is 11.4 Å². The van der Waals surface area contributed by atoms with Crippen LogP contribution in [0.3, 0.4) is 0 Å². The highest BCUT2D eigenvalue weighted by molar-refractivity contribution is 8.61. The standard InChI is InChI=1S/C6H11O3PS2/c1-5(2)6(7)9-3-4-10(8,11)12/h1,3-4H2,2H3,(H2,8,11,12). The van der Waals surface area contributed by atoms with E-state index in [1.54, 1.807) is 6.92 Å². The molecule has 0 spiro atoms. The Balaban J connectivity index is 3.65. The highest BCUT2D eigenvalue weighted by atomic mass is 32.9. The summed E-state index contributed by atoms with van der Waals surface area (Å²) < 4.78 is 4.69. The molecule has 0 aliphatic heterocycles. The molecule has 0 aromatic carbocycles. The van der Waals surface area contributed by atoms with E-state index >= 15 is 0 Å². The first-order chi connectivity index (χ1) is 5.33. The van der Waals surface area contributed by atoms with Crippen LogP contribution in [0.4, 0.5) is 0 Å². The Morgan fingerprint density at radius 3 is 2.67 bits per heavy atom. The van der Waals surface area contributed by atoms with Crippen LogP contribution in [-0.2, 0) is 21.3 Å². The summed E-state index contributed by atoms with van der Waals surface area (Å²) in [5, 5.41) is 0. The second-order valence-electron chi connectivity index (χ2n) is 2.30. The highest BCUT2D eigenvalue weighted by Crippen LogP contribution is 2.45. The van der Waals surface area contributed by atoms with Crippen molar-refractivity contribution in [3.63, 3.8) is 0 Å². The van der Waals surface area contributed by atoms with Gasteiger partial charge in [0.2, 0.25) is 0 Å². The fourth-order valence-electron chi connectivity index (χ4n) is 0.380. The molecule has 0 saturated carbocycles. The van der Waals surface area contributed by atoms with Crippen molar-refractivity contribution in [2.75, 3.05) is 12.8 Å². The average molecular weight is 226 g/mol. The Labute approximate surface area is 82.1 Å². The van der Waals surface area contributed by atoms with E-state index in [0.717, 1.165) is 0 Å². The number of ether oxygens (including phenoxy) is 1. The van der Waals surface area contributed by atoms with Crippen molar-refractivity contribution in [1.29, 1.82) is 0 Å². The largest absolute Gasteiger partial charge is 0.462 e. The van der Waals surface area contributed by atoms with E-state index in [1.807, 2.05) is 0 Å². The molecule has 1 unspecified atom stereocenters. The van der Waals surface area contributed by atoms with Gasteiger partial charge in [-0.15, -0.1) is 12.2 Å². The van der Waals surface area contributed by atoms with Gasteiger partial charge in [0.25, 0.3) is 0 Å². The van der Waals surface area contributed by atoms with Crippen molar-refractivity contribution >= 4 is 35.5 Å². The Hall–Kier alpha value is 0.170. The van der Waals surface area contributed by atoms with Crippen LogP contribution in [0.1, 0.15) is 6.92 Å². The molecule has 0 aliphatic carbocycles. The molecule has 6 heteroatoms. The van der Waals surface area contributed by atoms with Gasteiger partial charge in [0, 0.05) is 11.7 Å². The first-order valence-corrected chi connectivity index (χ1v) is 7.29. The van der Waals surface area contributed by atoms with E-state index in [2.05, 4.69) is 30.6 Å². The number of thiol groups is 1. The van der Waals surface area contributed by atoms with Gasteiger partial charge in [0.15, 0.2) is 0 Å². The predicted octanol–water partition coefficient (Wildman–Crippen LogP) is 1.34. The van der Waals surface area contributed by atoms with Gasteiger partial charge in [-0.25, -0.2) is 4.79 Å². The smallest absolute Gasteiger partial charge is 0.333 e. The summed E-state index contributed by atoms with van der Waals surface area (Å²) in [6.45, 7) is 5.05. The van der Waals surface area contributed by atoms with E-state index in [4.69, 9.17) is 9.63 Å². The Kier molecular flexibility index (Phi) is 5.09. The Morgan fingerprint density at radius 1 is 1.83 bits per heavy atom. The molecule has 0 aromatic rings. The lowest BCUT2D eigenvalue weighted by Crippen LogP contribution is -2.08. The zero-order chi connectivity index (χ0) is 9.78. The molecule has 12 heavy (non-hydrogen) atoms. The topological polar surface area (TPSA) is 46.5 Å². The monoisotopic (exact) mass is 226 g/mol. The minimum Gasteiger partial charge on any atom is -0.462 e. The van der Waals surface area contributed by atoms with Crippen LogP contribution in [-0.4, -0.2) is 23.6 Å². The van der Waals surface area contributed by atoms with Crippen LogP contribution < -0.4 is 0 Å². The van der Waals surface area contributed by atoms with Gasteiger partial charge in [-0.3, -0.25) is 0 Å². The average Bonchev–Trinajstić information content (AvgIpc) is 1.84. The number of esters is 1. The zero-order valence-corrected chi connectivity index (χ0v) is 9.29. The van der Waals surface area contributed by atoms with Gasteiger partial charge in [-0.1, -0.05) is 18.4 Å². The second-order valence-corrected chi connectivity index (χ2v) is 8.69. The quantitative estimate of drug-likeness (QED) is 0.328. The summed E-state index contributed by atoms with van der Waals surface area (Å²) in [6, 6.07) is 0. The molecule has 0 aliphatic rings. The third kappa shape index (κ3) is 6.85. The molecular weight excluding hydrogens is 215 g/mol. The minimum atomic E-state index is -2.53. The maximum atomic E-state index is 10.8. The molecule has 3 nitrogen and oxygen atoms in total. The van der Waals surface area contributed by atoms with E-state index in [-0.39, 0.29) is 12.8 Å². The number of hydrogen-bond acceptors (Lipinski definition) is 3. The first-order valence-electron chi connectivity index (χ1n) is 3.20. The van der Waals surface area contributed by atoms with Crippen molar-refractivity contribution in [3.05, 3.63) is 12.2 Å². The summed E-state index contributed by atoms with van der Waals surface area (Å²) >= 11 is 8.40. The summed E-state index contributed by atoms with van der Waals surface area (Å²) in [6.07, 6.45) is 0.227. The van der Waals surface area contributed by atoms with Gasteiger partial charge in [-0.2, -0.15) is 0 Å². The molecule has 0 heterocycles. The van der Waals surface area contributed by atoms with Gasteiger partial charge in [0.1, 0.15) is 5.47 Å². The number of carbonyl (C=O) groups excluding carboxylic acids is 1. The second kappa shape index (κ2) is 5.02. The SMILES string of the molecule is C=C(C)C(=O)OCCP(O)(=S)S. The molecule has 0 aromatic heterocycles. The van der Waals surface area contributed by atoms with Crippen LogP contribution in [0.2, 0.25) is 0 Å². The van der Waals surface area contributed by atoms with Crippen LogP contribution >= 0.6 is 17.7 Å². The third-order valence-electron chi connectivity index (χ3n) is 0.964. The molecule has 0 fully saturated rings. The van der Waals surface area contributed by atoms with Crippen LogP contribution in [0.25, 0.3) is 0 Å². The fourth-order valence-corrected chi connectivity index (χ4v) is 1.18. The van der Waals surface area contributed by atoms with Gasteiger partial charge in [-0.05, 0) is 6.92 Å². The normalized spacial score (nSPS) is 14.9.